The van der Waals surface area contributed by atoms with E-state index in [2.05, 4.69) is 22.0 Å². The minimum atomic E-state index is 0.844. The third-order valence-electron chi connectivity index (χ3n) is 3.97. The molecule has 94 valence electrons. The van der Waals surface area contributed by atoms with Crippen molar-refractivity contribution in [3.63, 3.8) is 0 Å². The highest BCUT2D eigenvalue weighted by Gasteiger charge is 2.27. The monoisotopic (exact) mass is 225 g/mol. The number of nitrogens with zero attached hydrogens (tertiary/aromatic N) is 2. The van der Waals surface area contributed by atoms with Crippen molar-refractivity contribution in [2.45, 2.75) is 38.6 Å². The van der Waals surface area contributed by atoms with Gasteiger partial charge in [-0.25, -0.2) is 0 Å². The van der Waals surface area contributed by atoms with Gasteiger partial charge in [0.05, 0.1) is 0 Å². The van der Waals surface area contributed by atoms with Crippen LogP contribution >= 0.6 is 0 Å². The van der Waals surface area contributed by atoms with Gasteiger partial charge in [0, 0.05) is 25.7 Å². The number of rotatable bonds is 4. The van der Waals surface area contributed by atoms with Gasteiger partial charge in [-0.3, -0.25) is 4.90 Å². The van der Waals surface area contributed by atoms with E-state index in [-0.39, 0.29) is 0 Å². The summed E-state index contributed by atoms with van der Waals surface area (Å²) in [5, 5.41) is 3.49. The van der Waals surface area contributed by atoms with Crippen molar-refractivity contribution in [3.05, 3.63) is 0 Å². The Kier molecular flexibility index (Phi) is 5.07. The molecule has 2 rings (SSSR count). The van der Waals surface area contributed by atoms with E-state index >= 15 is 0 Å². The first-order valence-corrected chi connectivity index (χ1v) is 7.07. The summed E-state index contributed by atoms with van der Waals surface area (Å²) in [6.45, 7) is 11.2. The molecule has 2 heterocycles. The van der Waals surface area contributed by atoms with Crippen LogP contribution in [-0.2, 0) is 0 Å². The van der Waals surface area contributed by atoms with E-state index < -0.39 is 0 Å². The van der Waals surface area contributed by atoms with Gasteiger partial charge >= 0.3 is 0 Å². The first-order valence-electron chi connectivity index (χ1n) is 7.07. The van der Waals surface area contributed by atoms with Crippen molar-refractivity contribution >= 4 is 0 Å². The van der Waals surface area contributed by atoms with Crippen LogP contribution in [0, 0.1) is 0 Å². The highest BCUT2D eigenvalue weighted by molar-refractivity contribution is 4.84. The van der Waals surface area contributed by atoms with Gasteiger partial charge in [-0.05, 0) is 45.4 Å². The number of hydrogen-bond acceptors (Lipinski definition) is 3. The average molecular weight is 225 g/mol. The summed E-state index contributed by atoms with van der Waals surface area (Å²) < 4.78 is 0. The van der Waals surface area contributed by atoms with E-state index in [0.29, 0.717) is 0 Å². The summed E-state index contributed by atoms with van der Waals surface area (Å²) in [5.74, 6) is 0. The van der Waals surface area contributed by atoms with Gasteiger partial charge in [-0.1, -0.05) is 13.3 Å². The molecule has 1 atom stereocenters. The maximum atomic E-state index is 3.49. The molecule has 0 saturated carbocycles. The predicted molar refractivity (Wildman–Crippen MR) is 68.8 cm³/mol. The summed E-state index contributed by atoms with van der Waals surface area (Å²) in [5.41, 5.74) is 0. The Hall–Kier alpha value is -0.120. The highest BCUT2D eigenvalue weighted by atomic mass is 15.3. The van der Waals surface area contributed by atoms with Crippen LogP contribution < -0.4 is 5.32 Å². The molecule has 0 aromatic carbocycles. The Balaban J connectivity index is 1.73. The molecule has 0 bridgehead atoms. The molecule has 0 amide bonds. The molecule has 2 saturated heterocycles. The quantitative estimate of drug-likeness (QED) is 0.774. The van der Waals surface area contributed by atoms with Crippen molar-refractivity contribution in [1.29, 1.82) is 0 Å². The van der Waals surface area contributed by atoms with Crippen LogP contribution in [0.3, 0.4) is 0 Å². The summed E-state index contributed by atoms with van der Waals surface area (Å²) >= 11 is 0. The Morgan fingerprint density at radius 1 is 1.19 bits per heavy atom. The lowest BCUT2D eigenvalue weighted by Gasteiger charge is -2.27. The standard InChI is InChI=1S/C13H27N3/c1-2-3-8-15-10-5-13(12-15)16-9-4-6-14-7-11-16/h13-14H,2-12H2,1H3. The molecule has 0 aromatic rings. The number of unbranched alkanes of at least 4 members (excludes halogenated alkanes) is 1. The summed E-state index contributed by atoms with van der Waals surface area (Å²) in [6.07, 6.45) is 5.41. The first-order chi connectivity index (χ1) is 7.90. The van der Waals surface area contributed by atoms with E-state index in [1.807, 2.05) is 0 Å². The van der Waals surface area contributed by atoms with Crippen LogP contribution in [0.4, 0.5) is 0 Å². The smallest absolute Gasteiger partial charge is 0.0235 e. The molecule has 3 heteroatoms. The van der Waals surface area contributed by atoms with Crippen LogP contribution in [0.25, 0.3) is 0 Å². The average Bonchev–Trinajstić information content (AvgIpc) is 2.60. The number of likely N-dealkylation sites (tertiary alicyclic amines) is 1. The summed E-state index contributed by atoms with van der Waals surface area (Å²) in [4.78, 5) is 5.37. The van der Waals surface area contributed by atoms with Gasteiger partial charge in [-0.15, -0.1) is 0 Å². The fourth-order valence-corrected chi connectivity index (χ4v) is 2.93. The minimum absolute atomic E-state index is 0.844. The van der Waals surface area contributed by atoms with Gasteiger partial charge in [-0.2, -0.15) is 0 Å². The molecule has 0 aliphatic carbocycles. The Bertz CT molecular complexity index is 188. The second-order valence-corrected chi connectivity index (χ2v) is 5.24. The van der Waals surface area contributed by atoms with Gasteiger partial charge in [0.15, 0.2) is 0 Å². The molecule has 3 nitrogen and oxygen atoms in total. The van der Waals surface area contributed by atoms with Crippen LogP contribution in [0.2, 0.25) is 0 Å². The highest BCUT2D eigenvalue weighted by Crippen LogP contribution is 2.16. The zero-order valence-corrected chi connectivity index (χ0v) is 10.7. The van der Waals surface area contributed by atoms with E-state index in [4.69, 9.17) is 0 Å². The molecule has 0 spiro atoms. The molecule has 2 fully saturated rings. The van der Waals surface area contributed by atoms with Crippen molar-refractivity contribution in [1.82, 2.24) is 15.1 Å². The number of nitrogens with one attached hydrogen (secondary N) is 1. The zero-order chi connectivity index (χ0) is 11.2. The maximum absolute atomic E-state index is 3.49. The fraction of sp³-hybridized carbons (Fsp3) is 1.00. The van der Waals surface area contributed by atoms with Gasteiger partial charge < -0.3 is 10.2 Å². The number of hydrogen-bond donors (Lipinski definition) is 1. The van der Waals surface area contributed by atoms with E-state index in [1.165, 1.54) is 71.5 Å². The zero-order valence-electron chi connectivity index (χ0n) is 10.7. The lowest BCUT2D eigenvalue weighted by molar-refractivity contribution is 0.203. The third kappa shape index (κ3) is 3.44. The second-order valence-electron chi connectivity index (χ2n) is 5.24. The largest absolute Gasteiger partial charge is 0.315 e. The molecule has 16 heavy (non-hydrogen) atoms. The summed E-state index contributed by atoms with van der Waals surface area (Å²) in [7, 11) is 0. The van der Waals surface area contributed by atoms with Crippen LogP contribution in [0.15, 0.2) is 0 Å². The van der Waals surface area contributed by atoms with Crippen molar-refractivity contribution in [2.75, 3.05) is 45.8 Å². The molecule has 1 unspecified atom stereocenters. The van der Waals surface area contributed by atoms with Gasteiger partial charge in [0.25, 0.3) is 0 Å². The summed E-state index contributed by atoms with van der Waals surface area (Å²) in [6, 6.07) is 0.844. The normalized spacial score (nSPS) is 29.4. The van der Waals surface area contributed by atoms with Crippen LogP contribution in [0.5, 0.6) is 0 Å². The van der Waals surface area contributed by atoms with Gasteiger partial charge in [0.1, 0.15) is 0 Å². The lowest BCUT2D eigenvalue weighted by Crippen LogP contribution is -2.39. The molecule has 0 aromatic heterocycles. The van der Waals surface area contributed by atoms with Crippen molar-refractivity contribution in [2.24, 2.45) is 0 Å². The first kappa shape index (κ1) is 12.3. The Labute approximate surface area is 100 Å². The van der Waals surface area contributed by atoms with Crippen LogP contribution in [-0.4, -0.2) is 61.7 Å². The lowest BCUT2D eigenvalue weighted by atomic mass is 10.2. The topological polar surface area (TPSA) is 18.5 Å². The SMILES string of the molecule is CCCCN1CCC(N2CCCNCC2)C1. The Morgan fingerprint density at radius 2 is 2.12 bits per heavy atom. The maximum Gasteiger partial charge on any atom is 0.0235 e. The second kappa shape index (κ2) is 6.58. The molecular weight excluding hydrogens is 198 g/mol. The molecule has 2 aliphatic heterocycles. The Morgan fingerprint density at radius 3 is 3.00 bits per heavy atom. The van der Waals surface area contributed by atoms with E-state index in [0.717, 1.165) is 6.04 Å². The molecule has 2 aliphatic rings. The minimum Gasteiger partial charge on any atom is -0.315 e. The molecule has 1 N–H and O–H groups in total. The predicted octanol–water partition coefficient (Wildman–Crippen LogP) is 1.16. The molecular formula is C13H27N3. The fourth-order valence-electron chi connectivity index (χ4n) is 2.93. The molecule has 0 radical (unpaired) electrons. The van der Waals surface area contributed by atoms with Crippen molar-refractivity contribution in [3.8, 4) is 0 Å². The van der Waals surface area contributed by atoms with Crippen LogP contribution in [0.1, 0.15) is 32.6 Å². The van der Waals surface area contributed by atoms with Gasteiger partial charge in [0.2, 0.25) is 0 Å². The van der Waals surface area contributed by atoms with E-state index in [9.17, 15) is 0 Å². The third-order valence-corrected chi connectivity index (χ3v) is 3.97. The van der Waals surface area contributed by atoms with Crippen molar-refractivity contribution < 1.29 is 0 Å². The van der Waals surface area contributed by atoms with E-state index in [1.54, 1.807) is 0 Å².